The monoisotopic (exact) mass is 276 g/mol. The van der Waals surface area contributed by atoms with Gasteiger partial charge in [0.1, 0.15) is 5.92 Å². The number of ketones is 1. The number of nitrogens with one attached hydrogen (secondary N) is 1. The minimum atomic E-state index is -0.744. The highest BCUT2D eigenvalue weighted by Gasteiger charge is 2.31. The van der Waals surface area contributed by atoms with Crippen LogP contribution in [-0.2, 0) is 16.0 Å². The summed E-state index contributed by atoms with van der Waals surface area (Å²) in [6, 6.07) is 5.84. The van der Waals surface area contributed by atoms with Gasteiger partial charge in [0.25, 0.3) is 5.69 Å². The molecule has 0 aliphatic carbocycles. The average molecular weight is 276 g/mol. The molecular weight excluding hydrogens is 260 g/mol. The summed E-state index contributed by atoms with van der Waals surface area (Å²) in [5, 5.41) is 13.1. The minimum Gasteiger partial charge on any atom is -0.329 e. The number of carbonyl (C=O) groups excluding carboxylic acids is 2. The van der Waals surface area contributed by atoms with Crippen molar-refractivity contribution < 1.29 is 14.5 Å². The fourth-order valence-electron chi connectivity index (χ4n) is 1.98. The van der Waals surface area contributed by atoms with E-state index in [1.165, 1.54) is 12.1 Å². The lowest BCUT2D eigenvalue weighted by Gasteiger charge is -2.22. The van der Waals surface area contributed by atoms with Crippen molar-refractivity contribution in [3.05, 3.63) is 52.2 Å². The standard InChI is InChI=1S/C13H12N2O4.CH4/c1-8-6-12(16)11(13(17)14-8)7-9-2-4-10(5-3-9)15(18)19;/h2-5,11H,1,6-7H2,(H,14,17);1H4. The molecule has 1 aliphatic heterocycles. The molecule has 6 nitrogen and oxygen atoms in total. The number of amides is 1. The van der Waals surface area contributed by atoms with Crippen LogP contribution in [0.1, 0.15) is 19.4 Å². The number of hydrogen-bond donors (Lipinski definition) is 1. The van der Waals surface area contributed by atoms with Gasteiger partial charge in [-0.15, -0.1) is 0 Å². The Morgan fingerprint density at radius 1 is 1.30 bits per heavy atom. The van der Waals surface area contributed by atoms with Gasteiger partial charge in [-0.1, -0.05) is 26.1 Å². The molecule has 1 aromatic carbocycles. The number of benzene rings is 1. The zero-order valence-electron chi connectivity index (χ0n) is 10.1. The van der Waals surface area contributed by atoms with Gasteiger partial charge in [-0.05, 0) is 12.0 Å². The van der Waals surface area contributed by atoms with Gasteiger partial charge < -0.3 is 5.32 Å². The largest absolute Gasteiger partial charge is 0.329 e. The lowest BCUT2D eigenvalue weighted by Crippen LogP contribution is -2.41. The number of Topliss-reactive ketones (excluding diaryl/α,β-unsaturated/α-hetero) is 1. The zero-order valence-corrected chi connectivity index (χ0v) is 10.1. The van der Waals surface area contributed by atoms with Crippen LogP contribution < -0.4 is 5.32 Å². The van der Waals surface area contributed by atoms with Crippen LogP contribution in [0.2, 0.25) is 0 Å². The van der Waals surface area contributed by atoms with Gasteiger partial charge >= 0.3 is 0 Å². The van der Waals surface area contributed by atoms with Crippen LogP contribution in [-0.4, -0.2) is 16.6 Å². The number of nitro benzene ring substituents is 1. The summed E-state index contributed by atoms with van der Waals surface area (Å²) in [4.78, 5) is 33.5. The predicted octanol–water partition coefficient (Wildman–Crippen LogP) is 1.99. The van der Waals surface area contributed by atoms with Crippen molar-refractivity contribution in [1.29, 1.82) is 0 Å². The molecule has 0 spiro atoms. The first-order valence-corrected chi connectivity index (χ1v) is 5.72. The lowest BCUT2D eigenvalue weighted by atomic mass is 9.89. The van der Waals surface area contributed by atoms with Crippen LogP contribution in [0.15, 0.2) is 36.5 Å². The van der Waals surface area contributed by atoms with E-state index in [0.717, 1.165) is 0 Å². The van der Waals surface area contributed by atoms with Crippen molar-refractivity contribution in [3.63, 3.8) is 0 Å². The second-order valence-corrected chi connectivity index (χ2v) is 4.42. The summed E-state index contributed by atoms with van der Waals surface area (Å²) in [5.74, 6) is -1.28. The van der Waals surface area contributed by atoms with E-state index in [9.17, 15) is 19.7 Å². The molecule has 0 saturated carbocycles. The van der Waals surface area contributed by atoms with Gasteiger partial charge in [-0.2, -0.15) is 0 Å². The Morgan fingerprint density at radius 3 is 2.40 bits per heavy atom. The molecule has 0 radical (unpaired) electrons. The smallest absolute Gasteiger partial charge is 0.269 e. The molecule has 1 heterocycles. The molecule has 20 heavy (non-hydrogen) atoms. The molecule has 1 amide bonds. The summed E-state index contributed by atoms with van der Waals surface area (Å²) in [7, 11) is 0. The number of carbonyl (C=O) groups is 2. The SMILES string of the molecule is C.C=C1CC(=O)C(Cc2ccc([N+](=O)[O-])cc2)C(=O)N1. The van der Waals surface area contributed by atoms with Crippen molar-refractivity contribution in [2.24, 2.45) is 5.92 Å². The Kier molecular flexibility index (Phi) is 4.74. The van der Waals surface area contributed by atoms with Gasteiger partial charge in [0.05, 0.1) is 4.92 Å². The number of nitrogens with zero attached hydrogens (tertiary/aromatic N) is 1. The van der Waals surface area contributed by atoms with E-state index in [4.69, 9.17) is 0 Å². The van der Waals surface area contributed by atoms with Crippen molar-refractivity contribution in [2.75, 3.05) is 0 Å². The number of rotatable bonds is 3. The van der Waals surface area contributed by atoms with Crippen molar-refractivity contribution in [3.8, 4) is 0 Å². The molecule has 2 rings (SSSR count). The van der Waals surface area contributed by atoms with E-state index in [1.54, 1.807) is 12.1 Å². The number of nitro groups is 1. The summed E-state index contributed by atoms with van der Waals surface area (Å²) in [5.41, 5.74) is 1.11. The maximum Gasteiger partial charge on any atom is 0.269 e. The highest BCUT2D eigenvalue weighted by atomic mass is 16.6. The summed E-state index contributed by atoms with van der Waals surface area (Å²) in [6.45, 7) is 3.56. The van der Waals surface area contributed by atoms with Crippen molar-refractivity contribution >= 4 is 17.4 Å². The Labute approximate surface area is 116 Å². The number of hydrogen-bond acceptors (Lipinski definition) is 4. The fraction of sp³-hybridized carbons (Fsp3) is 0.286. The van der Waals surface area contributed by atoms with Gasteiger partial charge in [-0.25, -0.2) is 0 Å². The Morgan fingerprint density at radius 2 is 1.90 bits per heavy atom. The molecule has 1 fully saturated rings. The molecule has 106 valence electrons. The zero-order chi connectivity index (χ0) is 14.0. The third-order valence-corrected chi connectivity index (χ3v) is 2.98. The Hall–Kier alpha value is -2.50. The quantitative estimate of drug-likeness (QED) is 0.519. The molecule has 1 atom stereocenters. The molecule has 1 N–H and O–H groups in total. The number of non-ortho nitro benzene ring substituents is 1. The van der Waals surface area contributed by atoms with Crippen LogP contribution in [0.5, 0.6) is 0 Å². The van der Waals surface area contributed by atoms with E-state index in [1.807, 2.05) is 0 Å². The highest BCUT2D eigenvalue weighted by Crippen LogP contribution is 2.20. The van der Waals surface area contributed by atoms with Gasteiger partial charge in [-0.3, -0.25) is 19.7 Å². The maximum atomic E-state index is 11.8. The maximum absolute atomic E-state index is 11.8. The van der Waals surface area contributed by atoms with E-state index in [0.29, 0.717) is 11.3 Å². The van der Waals surface area contributed by atoms with E-state index in [2.05, 4.69) is 11.9 Å². The minimum absolute atomic E-state index is 0. The number of piperidine rings is 1. The van der Waals surface area contributed by atoms with Crippen molar-refractivity contribution in [1.82, 2.24) is 5.32 Å². The van der Waals surface area contributed by atoms with Crippen LogP contribution >= 0.6 is 0 Å². The van der Waals surface area contributed by atoms with E-state index < -0.39 is 10.8 Å². The molecule has 0 aromatic heterocycles. The molecular formula is C14H16N2O4. The Bertz CT molecular complexity index is 543. The van der Waals surface area contributed by atoms with Gasteiger partial charge in [0.15, 0.2) is 5.78 Å². The van der Waals surface area contributed by atoms with E-state index in [-0.39, 0.29) is 37.6 Å². The Balaban J connectivity index is 0.00000200. The molecule has 1 aliphatic rings. The van der Waals surface area contributed by atoms with Gasteiger partial charge in [0, 0.05) is 24.3 Å². The third kappa shape index (κ3) is 3.28. The summed E-state index contributed by atoms with van der Waals surface area (Å²) < 4.78 is 0. The topological polar surface area (TPSA) is 89.3 Å². The predicted molar refractivity (Wildman–Crippen MR) is 73.9 cm³/mol. The molecule has 1 unspecified atom stereocenters. The summed E-state index contributed by atoms with van der Waals surface area (Å²) >= 11 is 0. The highest BCUT2D eigenvalue weighted by molar-refractivity contribution is 6.05. The third-order valence-electron chi connectivity index (χ3n) is 2.98. The second kappa shape index (κ2) is 6.10. The molecule has 6 heteroatoms. The molecule has 0 bridgehead atoms. The first kappa shape index (κ1) is 15.6. The van der Waals surface area contributed by atoms with Crippen LogP contribution in [0, 0.1) is 16.0 Å². The van der Waals surface area contributed by atoms with Crippen LogP contribution in [0.25, 0.3) is 0 Å². The van der Waals surface area contributed by atoms with Crippen molar-refractivity contribution in [2.45, 2.75) is 20.3 Å². The molecule has 1 saturated heterocycles. The summed E-state index contributed by atoms with van der Waals surface area (Å²) in [6.07, 6.45) is 0.388. The van der Waals surface area contributed by atoms with Crippen LogP contribution in [0.3, 0.4) is 0 Å². The molecule has 1 aromatic rings. The fourth-order valence-corrected chi connectivity index (χ4v) is 1.98. The normalized spacial score (nSPS) is 18.2. The first-order valence-electron chi connectivity index (χ1n) is 5.72. The van der Waals surface area contributed by atoms with E-state index >= 15 is 0 Å². The van der Waals surface area contributed by atoms with Gasteiger partial charge in [0.2, 0.25) is 5.91 Å². The number of allylic oxidation sites excluding steroid dienone is 1. The first-order chi connectivity index (χ1) is 8.97. The lowest BCUT2D eigenvalue weighted by molar-refractivity contribution is -0.384. The second-order valence-electron chi connectivity index (χ2n) is 4.42. The average Bonchev–Trinajstić information content (AvgIpc) is 2.34. The van der Waals surface area contributed by atoms with Crippen LogP contribution in [0.4, 0.5) is 5.69 Å².